The summed E-state index contributed by atoms with van der Waals surface area (Å²) in [7, 11) is 0. The number of nitrogens with one attached hydrogen (secondary N) is 1. The van der Waals surface area contributed by atoms with Gasteiger partial charge in [-0.2, -0.15) is 5.10 Å². The van der Waals surface area contributed by atoms with Crippen molar-refractivity contribution in [2.24, 2.45) is 0 Å². The van der Waals surface area contributed by atoms with Gasteiger partial charge in [0.2, 0.25) is 5.91 Å². The van der Waals surface area contributed by atoms with E-state index in [4.69, 9.17) is 12.2 Å². The summed E-state index contributed by atoms with van der Waals surface area (Å²) in [4.78, 5) is 18.5. The molecule has 4 rings (SSSR count). The third kappa shape index (κ3) is 4.83. The molecule has 0 saturated carbocycles. The van der Waals surface area contributed by atoms with Gasteiger partial charge < -0.3 is 4.90 Å². The zero-order valence-corrected chi connectivity index (χ0v) is 18.1. The Bertz CT molecular complexity index is 1020. The molecule has 152 valence electrons. The quantitative estimate of drug-likeness (QED) is 0.610. The highest BCUT2D eigenvalue weighted by molar-refractivity contribution is 7.71. The summed E-state index contributed by atoms with van der Waals surface area (Å²) in [6.07, 6.45) is 0.428. The molecule has 1 amide bonds. The number of carbonyl (C=O) groups excluding carboxylic acids is 1. The van der Waals surface area contributed by atoms with E-state index in [2.05, 4.69) is 51.7 Å². The lowest BCUT2D eigenvalue weighted by Crippen LogP contribution is -2.48. The summed E-state index contributed by atoms with van der Waals surface area (Å²) in [6.45, 7) is 6.97. The van der Waals surface area contributed by atoms with Crippen molar-refractivity contribution in [3.8, 4) is 11.4 Å². The predicted molar refractivity (Wildman–Crippen MR) is 118 cm³/mol. The van der Waals surface area contributed by atoms with Crippen LogP contribution in [0.5, 0.6) is 0 Å². The number of aromatic amines is 1. The molecule has 6 nitrogen and oxygen atoms in total. The van der Waals surface area contributed by atoms with Crippen molar-refractivity contribution in [2.75, 3.05) is 26.2 Å². The number of hydrogen-bond donors (Lipinski definition) is 1. The minimum absolute atomic E-state index is 0.180. The number of piperazine rings is 1. The Hall–Kier alpha value is -2.29. The SMILES string of the molecule is Cc1cccc(-c2n[nH]c(=S)n2CCC(=O)N2CCN(Cc3cccs3)CC2)c1. The molecule has 0 unspecified atom stereocenters. The van der Waals surface area contributed by atoms with Crippen molar-refractivity contribution < 1.29 is 4.79 Å². The van der Waals surface area contributed by atoms with Gasteiger partial charge in [-0.05, 0) is 36.7 Å². The third-order valence-corrected chi connectivity index (χ3v) is 6.44. The Balaban J connectivity index is 1.34. The van der Waals surface area contributed by atoms with Crippen LogP contribution in [0.15, 0.2) is 41.8 Å². The van der Waals surface area contributed by atoms with Crippen LogP contribution in [0.25, 0.3) is 11.4 Å². The molecule has 0 aliphatic carbocycles. The highest BCUT2D eigenvalue weighted by Crippen LogP contribution is 2.19. The Kier molecular flexibility index (Phi) is 6.22. The molecule has 1 aliphatic rings. The van der Waals surface area contributed by atoms with Crippen molar-refractivity contribution in [1.82, 2.24) is 24.6 Å². The van der Waals surface area contributed by atoms with E-state index in [9.17, 15) is 4.79 Å². The minimum atomic E-state index is 0.180. The molecule has 8 heteroatoms. The molecule has 29 heavy (non-hydrogen) atoms. The number of benzene rings is 1. The van der Waals surface area contributed by atoms with Crippen LogP contribution in [0.1, 0.15) is 16.9 Å². The van der Waals surface area contributed by atoms with Crippen LogP contribution in [-0.4, -0.2) is 56.7 Å². The molecule has 2 aromatic heterocycles. The lowest BCUT2D eigenvalue weighted by molar-refractivity contribution is -0.133. The van der Waals surface area contributed by atoms with Crippen molar-refractivity contribution in [1.29, 1.82) is 0 Å². The van der Waals surface area contributed by atoms with Gasteiger partial charge in [0.05, 0.1) is 0 Å². The molecule has 0 atom stereocenters. The molecule has 1 aromatic carbocycles. The van der Waals surface area contributed by atoms with Crippen molar-refractivity contribution >= 4 is 29.5 Å². The van der Waals surface area contributed by atoms with Crippen LogP contribution in [0.3, 0.4) is 0 Å². The number of amides is 1. The van der Waals surface area contributed by atoms with Gasteiger partial charge in [-0.15, -0.1) is 11.3 Å². The number of aromatic nitrogens is 3. The summed E-state index contributed by atoms with van der Waals surface area (Å²) in [5.41, 5.74) is 2.17. The third-order valence-electron chi connectivity index (χ3n) is 5.27. The second-order valence-corrected chi connectivity index (χ2v) is 8.78. The number of aryl methyl sites for hydroxylation is 1. The predicted octanol–water partition coefficient (Wildman–Crippen LogP) is 3.71. The van der Waals surface area contributed by atoms with Crippen molar-refractivity contribution in [3.63, 3.8) is 0 Å². The fourth-order valence-corrected chi connectivity index (χ4v) is 4.64. The maximum absolute atomic E-state index is 12.8. The first-order valence-corrected chi connectivity index (χ1v) is 11.1. The zero-order chi connectivity index (χ0) is 20.2. The fourth-order valence-electron chi connectivity index (χ4n) is 3.67. The zero-order valence-electron chi connectivity index (χ0n) is 16.5. The molecule has 0 radical (unpaired) electrons. The van der Waals surface area contributed by atoms with E-state index >= 15 is 0 Å². The monoisotopic (exact) mass is 427 g/mol. The average molecular weight is 428 g/mol. The molecule has 1 N–H and O–H groups in total. The standard InChI is InChI=1S/C21H25N5OS2/c1-16-4-2-5-17(14-16)20-22-23-21(28)26(20)8-7-19(27)25-11-9-24(10-12-25)15-18-6-3-13-29-18/h2-6,13-14H,7-12,15H2,1H3,(H,23,28). The van der Waals surface area contributed by atoms with Crippen LogP contribution >= 0.6 is 23.6 Å². The minimum Gasteiger partial charge on any atom is -0.340 e. The van der Waals surface area contributed by atoms with Gasteiger partial charge in [0.15, 0.2) is 10.6 Å². The summed E-state index contributed by atoms with van der Waals surface area (Å²) in [6, 6.07) is 12.4. The van der Waals surface area contributed by atoms with Gasteiger partial charge in [0, 0.05) is 56.1 Å². The Morgan fingerprint density at radius 2 is 2.03 bits per heavy atom. The molecule has 3 heterocycles. The topological polar surface area (TPSA) is 57.2 Å². The number of thiophene rings is 1. The van der Waals surface area contributed by atoms with Gasteiger partial charge >= 0.3 is 0 Å². The molecule has 1 saturated heterocycles. The molecule has 1 fully saturated rings. The van der Waals surface area contributed by atoms with Gasteiger partial charge in [-0.3, -0.25) is 19.4 Å². The van der Waals surface area contributed by atoms with Gasteiger partial charge in [-0.1, -0.05) is 29.8 Å². The Morgan fingerprint density at radius 1 is 1.21 bits per heavy atom. The van der Waals surface area contributed by atoms with Crippen LogP contribution < -0.4 is 0 Å². The fraction of sp³-hybridized carbons (Fsp3) is 0.381. The normalized spacial score (nSPS) is 15.0. The van der Waals surface area contributed by atoms with E-state index < -0.39 is 0 Å². The van der Waals surface area contributed by atoms with Crippen molar-refractivity contribution in [3.05, 3.63) is 57.0 Å². The lowest BCUT2D eigenvalue weighted by atomic mass is 10.1. The molecule has 0 bridgehead atoms. The van der Waals surface area contributed by atoms with E-state index in [1.54, 1.807) is 11.3 Å². The summed E-state index contributed by atoms with van der Waals surface area (Å²) >= 11 is 7.19. The second kappa shape index (κ2) is 9.02. The van der Waals surface area contributed by atoms with Gasteiger partial charge in [-0.25, -0.2) is 0 Å². The number of H-pyrrole nitrogens is 1. The summed E-state index contributed by atoms with van der Waals surface area (Å²) < 4.78 is 2.48. The Labute approximate surface area is 179 Å². The van der Waals surface area contributed by atoms with Crippen LogP contribution in [0.2, 0.25) is 0 Å². The molecule has 3 aromatic rings. The smallest absolute Gasteiger partial charge is 0.224 e. The summed E-state index contributed by atoms with van der Waals surface area (Å²) in [5, 5.41) is 9.36. The maximum atomic E-state index is 12.8. The first-order valence-electron chi connectivity index (χ1n) is 9.85. The van der Waals surface area contributed by atoms with E-state index in [1.807, 2.05) is 21.6 Å². The van der Waals surface area contributed by atoms with E-state index in [1.165, 1.54) is 10.4 Å². The number of hydrogen-bond acceptors (Lipinski definition) is 5. The van der Waals surface area contributed by atoms with Gasteiger partial charge in [0.25, 0.3) is 0 Å². The molecule has 0 spiro atoms. The van der Waals surface area contributed by atoms with Crippen LogP contribution in [-0.2, 0) is 17.9 Å². The second-order valence-electron chi connectivity index (χ2n) is 7.36. The lowest BCUT2D eigenvalue weighted by Gasteiger charge is -2.34. The molecule has 1 aliphatic heterocycles. The van der Waals surface area contributed by atoms with E-state index in [0.29, 0.717) is 17.7 Å². The first kappa shape index (κ1) is 20.0. The van der Waals surface area contributed by atoms with Crippen LogP contribution in [0, 0.1) is 11.7 Å². The number of carbonyl (C=O) groups is 1. The summed E-state index contributed by atoms with van der Waals surface area (Å²) in [5.74, 6) is 0.964. The highest BCUT2D eigenvalue weighted by Gasteiger charge is 2.21. The number of nitrogens with zero attached hydrogens (tertiary/aromatic N) is 4. The Morgan fingerprint density at radius 3 is 2.76 bits per heavy atom. The molecular formula is C21H25N5OS2. The highest BCUT2D eigenvalue weighted by atomic mass is 32.1. The maximum Gasteiger partial charge on any atom is 0.224 e. The van der Waals surface area contributed by atoms with E-state index in [-0.39, 0.29) is 5.91 Å². The largest absolute Gasteiger partial charge is 0.340 e. The van der Waals surface area contributed by atoms with E-state index in [0.717, 1.165) is 44.1 Å². The van der Waals surface area contributed by atoms with Gasteiger partial charge in [0.1, 0.15) is 0 Å². The average Bonchev–Trinajstić information content (AvgIpc) is 3.36. The number of rotatable bonds is 6. The van der Waals surface area contributed by atoms with Crippen LogP contribution in [0.4, 0.5) is 0 Å². The van der Waals surface area contributed by atoms with Crippen molar-refractivity contribution in [2.45, 2.75) is 26.4 Å². The first-order chi connectivity index (χ1) is 14.1. The molecular weight excluding hydrogens is 402 g/mol.